The number of hydrogen-bond donors (Lipinski definition) is 2. The Balaban J connectivity index is 2.57. The summed E-state index contributed by atoms with van der Waals surface area (Å²) in [6.07, 6.45) is 6.26. The fourth-order valence-corrected chi connectivity index (χ4v) is 1.82. The molecule has 0 aliphatic carbocycles. The zero-order valence-electron chi connectivity index (χ0n) is 12.6. The molecule has 1 aromatic rings. The minimum atomic E-state index is -0.261. The van der Waals surface area contributed by atoms with E-state index in [4.69, 9.17) is 5.11 Å². The molecule has 0 fully saturated rings. The molecular formula is C17H23NO3. The number of ketones is 1. The highest BCUT2D eigenvalue weighted by atomic mass is 16.3. The Morgan fingerprint density at radius 3 is 2.81 bits per heavy atom. The summed E-state index contributed by atoms with van der Waals surface area (Å²) >= 11 is 0. The van der Waals surface area contributed by atoms with E-state index in [9.17, 15) is 9.59 Å². The molecule has 1 aromatic carbocycles. The lowest BCUT2D eigenvalue weighted by Gasteiger charge is -2.10. The lowest BCUT2D eigenvalue weighted by atomic mass is 10.1. The molecule has 21 heavy (non-hydrogen) atoms. The van der Waals surface area contributed by atoms with Crippen LogP contribution in [0.5, 0.6) is 0 Å². The second-order valence-corrected chi connectivity index (χ2v) is 5.18. The minimum absolute atomic E-state index is 0.0819. The number of aliphatic hydroxyl groups excluding tert-OH is 1. The summed E-state index contributed by atoms with van der Waals surface area (Å²) in [4.78, 5) is 22.8. The van der Waals surface area contributed by atoms with Gasteiger partial charge in [-0.15, -0.1) is 0 Å². The van der Waals surface area contributed by atoms with Gasteiger partial charge < -0.3 is 15.2 Å². The maximum Gasteiger partial charge on any atom is 0.251 e. The number of carbonyl (C=O) groups is 2. The molecule has 2 N–H and O–H groups in total. The Kier molecular flexibility index (Phi) is 7.40. The number of amides is 1. The number of unbranched alkanes of at least 4 members (excludes halogenated alkanes) is 1. The maximum absolute atomic E-state index is 11.9. The number of Topliss-reactive ketones (excluding diaryl/α,β-unsaturated/α-hetero) is 1. The van der Waals surface area contributed by atoms with Gasteiger partial charge in [-0.05, 0) is 44.4 Å². The largest absolute Gasteiger partial charge is 0.394 e. The molecular weight excluding hydrogens is 266 g/mol. The quantitative estimate of drug-likeness (QED) is 0.723. The third kappa shape index (κ3) is 6.86. The third-order valence-corrected chi connectivity index (χ3v) is 3.01. The van der Waals surface area contributed by atoms with Crippen LogP contribution in [0.25, 0.3) is 6.08 Å². The molecule has 0 saturated heterocycles. The Hall–Kier alpha value is -1.94. The minimum Gasteiger partial charge on any atom is -0.394 e. The summed E-state index contributed by atoms with van der Waals surface area (Å²) in [5.74, 6) is 0.0171. The van der Waals surface area contributed by atoms with E-state index in [-0.39, 0.29) is 24.3 Å². The summed E-state index contributed by atoms with van der Waals surface area (Å²) in [6.45, 7) is 3.26. The molecule has 4 heteroatoms. The van der Waals surface area contributed by atoms with Crippen LogP contribution in [-0.2, 0) is 4.79 Å². The average Bonchev–Trinajstić information content (AvgIpc) is 2.46. The van der Waals surface area contributed by atoms with Crippen molar-refractivity contribution in [3.8, 4) is 0 Å². The topological polar surface area (TPSA) is 66.4 Å². The number of carbonyl (C=O) groups excluding carboxylic acids is 2. The lowest BCUT2D eigenvalue weighted by molar-refractivity contribution is -0.117. The van der Waals surface area contributed by atoms with Crippen molar-refractivity contribution >= 4 is 17.8 Å². The molecule has 1 rings (SSSR count). The molecule has 4 nitrogen and oxygen atoms in total. The van der Waals surface area contributed by atoms with Crippen molar-refractivity contribution in [2.75, 3.05) is 6.61 Å². The molecule has 1 amide bonds. The molecule has 0 saturated carbocycles. The van der Waals surface area contributed by atoms with E-state index < -0.39 is 0 Å². The Morgan fingerprint density at radius 2 is 2.14 bits per heavy atom. The van der Waals surface area contributed by atoms with Crippen molar-refractivity contribution in [3.63, 3.8) is 0 Å². The van der Waals surface area contributed by atoms with Gasteiger partial charge >= 0.3 is 0 Å². The smallest absolute Gasteiger partial charge is 0.251 e. The molecule has 114 valence electrons. The van der Waals surface area contributed by atoms with Crippen molar-refractivity contribution < 1.29 is 14.7 Å². The van der Waals surface area contributed by atoms with E-state index in [0.717, 1.165) is 18.4 Å². The molecule has 1 atom stereocenters. The van der Waals surface area contributed by atoms with Crippen LogP contribution >= 0.6 is 0 Å². The fourth-order valence-electron chi connectivity index (χ4n) is 1.82. The molecule has 0 bridgehead atoms. The first-order valence-electron chi connectivity index (χ1n) is 7.20. The van der Waals surface area contributed by atoms with Crippen molar-refractivity contribution in [1.82, 2.24) is 5.32 Å². The van der Waals surface area contributed by atoms with Gasteiger partial charge in [0, 0.05) is 18.0 Å². The molecule has 0 aliphatic rings. The fraction of sp³-hybridized carbons (Fsp3) is 0.412. The summed E-state index contributed by atoms with van der Waals surface area (Å²) in [7, 11) is 0. The van der Waals surface area contributed by atoms with Gasteiger partial charge in [0.1, 0.15) is 5.78 Å². The standard InChI is InChI=1S/C17H23NO3/c1-13(12-19)18-17(21)16-10-6-9-15(11-16)8-5-3-4-7-14(2)20/h5-6,8-11,13,19H,3-4,7,12H2,1-2H3,(H,18,21). The number of allylic oxidation sites excluding steroid dienone is 1. The Bertz CT molecular complexity index is 509. The zero-order chi connectivity index (χ0) is 15.7. The number of aliphatic hydroxyl groups is 1. The molecule has 0 spiro atoms. The number of rotatable bonds is 8. The summed E-state index contributed by atoms with van der Waals surface area (Å²) in [5, 5.41) is 11.7. The normalized spacial score (nSPS) is 12.3. The second kappa shape index (κ2) is 9.08. The first-order valence-corrected chi connectivity index (χ1v) is 7.20. The average molecular weight is 289 g/mol. The van der Waals surface area contributed by atoms with Gasteiger partial charge in [-0.2, -0.15) is 0 Å². The van der Waals surface area contributed by atoms with E-state index in [1.807, 2.05) is 24.3 Å². The Labute approximate surface area is 125 Å². The van der Waals surface area contributed by atoms with Crippen LogP contribution in [0.15, 0.2) is 30.3 Å². The SMILES string of the molecule is CC(=O)CCCC=Cc1cccc(C(=O)NC(C)CO)c1. The highest BCUT2D eigenvalue weighted by Gasteiger charge is 2.08. The number of nitrogens with one attached hydrogen (secondary N) is 1. The van der Waals surface area contributed by atoms with Gasteiger partial charge in [0.2, 0.25) is 0 Å². The maximum atomic E-state index is 11.9. The van der Waals surface area contributed by atoms with Crippen LogP contribution in [-0.4, -0.2) is 29.4 Å². The predicted molar refractivity (Wildman–Crippen MR) is 84.0 cm³/mol. The van der Waals surface area contributed by atoms with Crippen molar-refractivity contribution in [2.24, 2.45) is 0 Å². The number of benzene rings is 1. The number of hydrogen-bond acceptors (Lipinski definition) is 3. The summed E-state index contributed by atoms with van der Waals surface area (Å²) in [6, 6.07) is 7.04. The van der Waals surface area contributed by atoms with Crippen LogP contribution in [0.3, 0.4) is 0 Å². The highest BCUT2D eigenvalue weighted by Crippen LogP contribution is 2.09. The van der Waals surface area contributed by atoms with Crippen molar-refractivity contribution in [3.05, 3.63) is 41.5 Å². The van der Waals surface area contributed by atoms with Crippen molar-refractivity contribution in [2.45, 2.75) is 39.2 Å². The third-order valence-electron chi connectivity index (χ3n) is 3.01. The summed E-state index contributed by atoms with van der Waals surface area (Å²) in [5.41, 5.74) is 1.52. The lowest BCUT2D eigenvalue weighted by Crippen LogP contribution is -2.34. The van der Waals surface area contributed by atoms with Crippen LogP contribution in [0.4, 0.5) is 0 Å². The van der Waals surface area contributed by atoms with Gasteiger partial charge in [-0.3, -0.25) is 4.79 Å². The van der Waals surface area contributed by atoms with Crippen LogP contribution < -0.4 is 5.32 Å². The van der Waals surface area contributed by atoms with E-state index in [1.54, 1.807) is 26.0 Å². The monoisotopic (exact) mass is 289 g/mol. The van der Waals surface area contributed by atoms with E-state index in [2.05, 4.69) is 5.32 Å². The van der Waals surface area contributed by atoms with Crippen molar-refractivity contribution in [1.29, 1.82) is 0 Å². The van der Waals surface area contributed by atoms with E-state index >= 15 is 0 Å². The zero-order valence-corrected chi connectivity index (χ0v) is 12.6. The Morgan fingerprint density at radius 1 is 1.38 bits per heavy atom. The van der Waals surface area contributed by atoms with Crippen LogP contribution in [0.1, 0.15) is 49.0 Å². The first kappa shape index (κ1) is 17.1. The molecule has 0 aliphatic heterocycles. The van der Waals surface area contributed by atoms with E-state index in [0.29, 0.717) is 12.0 Å². The highest BCUT2D eigenvalue weighted by molar-refractivity contribution is 5.94. The van der Waals surface area contributed by atoms with Crippen LogP contribution in [0.2, 0.25) is 0 Å². The predicted octanol–water partition coefficient (Wildman–Crippen LogP) is 2.57. The van der Waals surface area contributed by atoms with Gasteiger partial charge in [-0.25, -0.2) is 0 Å². The van der Waals surface area contributed by atoms with Gasteiger partial charge in [0.05, 0.1) is 6.61 Å². The van der Waals surface area contributed by atoms with Gasteiger partial charge in [-0.1, -0.05) is 24.3 Å². The molecule has 1 unspecified atom stereocenters. The molecule has 0 radical (unpaired) electrons. The van der Waals surface area contributed by atoms with Crippen LogP contribution in [0, 0.1) is 0 Å². The van der Waals surface area contributed by atoms with E-state index in [1.165, 1.54) is 0 Å². The molecule has 0 heterocycles. The van der Waals surface area contributed by atoms with Gasteiger partial charge in [0.25, 0.3) is 5.91 Å². The first-order chi connectivity index (χ1) is 10.0. The van der Waals surface area contributed by atoms with Gasteiger partial charge in [0.15, 0.2) is 0 Å². The second-order valence-electron chi connectivity index (χ2n) is 5.18. The summed E-state index contributed by atoms with van der Waals surface area (Å²) < 4.78 is 0. The molecule has 0 aromatic heterocycles.